The maximum atomic E-state index is 13.8. The number of amides is 2. The molecule has 0 aliphatic carbocycles. The van der Waals surface area contributed by atoms with Crippen LogP contribution in [0.2, 0.25) is 0 Å². The van der Waals surface area contributed by atoms with Gasteiger partial charge in [0.15, 0.2) is 5.78 Å². The van der Waals surface area contributed by atoms with E-state index in [-0.39, 0.29) is 23.6 Å². The summed E-state index contributed by atoms with van der Waals surface area (Å²) >= 11 is 0. The Bertz CT molecular complexity index is 1100. The molecule has 2 aromatic rings. The zero-order valence-electron chi connectivity index (χ0n) is 19.8. The smallest absolute Gasteiger partial charge is 0.273 e. The second-order valence-electron chi connectivity index (χ2n) is 9.25. The Balaban J connectivity index is 1.38. The number of hydrazine groups is 1. The molecular formula is C25H31N5O4. The van der Waals surface area contributed by atoms with Crippen molar-refractivity contribution in [1.82, 2.24) is 24.7 Å². The van der Waals surface area contributed by atoms with Gasteiger partial charge in [0.1, 0.15) is 17.1 Å². The van der Waals surface area contributed by atoms with Crippen molar-refractivity contribution in [2.24, 2.45) is 0 Å². The van der Waals surface area contributed by atoms with Gasteiger partial charge in [-0.25, -0.2) is 9.69 Å². The van der Waals surface area contributed by atoms with Gasteiger partial charge in [-0.15, -0.1) is 0 Å². The molecule has 5 rings (SSSR count). The Morgan fingerprint density at radius 1 is 1.00 bits per heavy atom. The SMILES string of the molecule is COc1ccc(-n2nc(C(C)=O)c3c2C(=O)N(C2CCN(N4CCCCC4=O)CC2)CC3)cc1. The third kappa shape index (κ3) is 3.98. The first-order chi connectivity index (χ1) is 16.5. The van der Waals surface area contributed by atoms with Gasteiger partial charge in [-0.2, -0.15) is 5.10 Å². The number of hydrogen-bond donors (Lipinski definition) is 0. The molecule has 9 nitrogen and oxygen atoms in total. The number of piperidine rings is 2. The maximum absolute atomic E-state index is 13.8. The number of methoxy groups -OCH3 is 1. The highest BCUT2D eigenvalue weighted by molar-refractivity contribution is 6.01. The van der Waals surface area contributed by atoms with Gasteiger partial charge in [0.05, 0.1) is 12.8 Å². The molecule has 0 spiro atoms. The number of ether oxygens (including phenoxy) is 1. The number of Topliss-reactive ketones (excluding diaryl/α,β-unsaturated/α-hetero) is 1. The molecule has 0 unspecified atom stereocenters. The number of benzene rings is 1. The van der Waals surface area contributed by atoms with Crippen LogP contribution in [0.15, 0.2) is 24.3 Å². The van der Waals surface area contributed by atoms with Gasteiger partial charge >= 0.3 is 0 Å². The van der Waals surface area contributed by atoms with E-state index in [1.165, 1.54) is 6.92 Å². The summed E-state index contributed by atoms with van der Waals surface area (Å²) in [7, 11) is 1.60. The third-order valence-corrected chi connectivity index (χ3v) is 7.22. The van der Waals surface area contributed by atoms with Crippen molar-refractivity contribution in [2.45, 2.75) is 51.5 Å². The molecule has 4 heterocycles. The summed E-state index contributed by atoms with van der Waals surface area (Å²) in [4.78, 5) is 40.3. The molecule has 9 heteroatoms. The number of nitrogens with zero attached hydrogens (tertiary/aromatic N) is 5. The lowest BCUT2D eigenvalue weighted by molar-refractivity contribution is -0.155. The predicted molar refractivity (Wildman–Crippen MR) is 125 cm³/mol. The van der Waals surface area contributed by atoms with Gasteiger partial charge in [0, 0.05) is 51.1 Å². The number of aromatic nitrogens is 2. The zero-order valence-corrected chi connectivity index (χ0v) is 19.8. The van der Waals surface area contributed by atoms with E-state index in [0.29, 0.717) is 36.5 Å². The van der Waals surface area contributed by atoms with Crippen molar-refractivity contribution in [3.63, 3.8) is 0 Å². The lowest BCUT2D eigenvalue weighted by Crippen LogP contribution is -2.56. The van der Waals surface area contributed by atoms with Crippen molar-refractivity contribution in [2.75, 3.05) is 33.3 Å². The largest absolute Gasteiger partial charge is 0.497 e. The van der Waals surface area contributed by atoms with Crippen LogP contribution >= 0.6 is 0 Å². The average Bonchev–Trinajstić information content (AvgIpc) is 3.26. The van der Waals surface area contributed by atoms with E-state index in [1.54, 1.807) is 11.8 Å². The molecule has 2 fully saturated rings. The molecule has 3 aliphatic rings. The molecule has 0 saturated carbocycles. The Morgan fingerprint density at radius 2 is 1.74 bits per heavy atom. The van der Waals surface area contributed by atoms with Crippen LogP contribution in [-0.4, -0.2) is 81.6 Å². The predicted octanol–water partition coefficient (Wildman–Crippen LogP) is 2.47. The van der Waals surface area contributed by atoms with Crippen LogP contribution in [0.1, 0.15) is 65.6 Å². The van der Waals surface area contributed by atoms with E-state index in [2.05, 4.69) is 10.1 Å². The van der Waals surface area contributed by atoms with E-state index in [9.17, 15) is 14.4 Å². The lowest BCUT2D eigenvalue weighted by Gasteiger charge is -2.44. The molecule has 34 heavy (non-hydrogen) atoms. The van der Waals surface area contributed by atoms with Crippen molar-refractivity contribution in [3.05, 3.63) is 41.2 Å². The summed E-state index contributed by atoms with van der Waals surface area (Å²) < 4.78 is 6.86. The summed E-state index contributed by atoms with van der Waals surface area (Å²) in [5.74, 6) is 0.709. The molecule has 0 radical (unpaired) electrons. The zero-order chi connectivity index (χ0) is 23.8. The molecule has 3 aliphatic heterocycles. The normalized spacial score (nSPS) is 19.9. The van der Waals surface area contributed by atoms with Crippen LogP contribution in [0.3, 0.4) is 0 Å². The van der Waals surface area contributed by atoms with E-state index in [0.717, 1.165) is 56.6 Å². The monoisotopic (exact) mass is 465 g/mol. The van der Waals surface area contributed by atoms with E-state index < -0.39 is 0 Å². The van der Waals surface area contributed by atoms with Crippen molar-refractivity contribution >= 4 is 17.6 Å². The first kappa shape index (κ1) is 22.6. The van der Waals surface area contributed by atoms with Gasteiger partial charge < -0.3 is 9.64 Å². The van der Waals surface area contributed by atoms with Gasteiger partial charge in [0.2, 0.25) is 5.91 Å². The minimum Gasteiger partial charge on any atom is -0.497 e. The Labute approximate surface area is 199 Å². The standard InChI is InChI=1S/C25H31N5O4/c1-17(31)23-21-12-16-28(18-10-14-27(15-11-18)29-13-4-3-5-22(29)32)25(33)24(21)30(26-23)19-6-8-20(34-2)9-7-19/h6-9,18H,3-5,10-16H2,1-2H3. The highest BCUT2D eigenvalue weighted by Crippen LogP contribution is 2.30. The Kier molecular flexibility index (Phi) is 6.12. The average molecular weight is 466 g/mol. The number of carbonyl (C=O) groups excluding carboxylic acids is 3. The summed E-state index contributed by atoms with van der Waals surface area (Å²) in [6.45, 7) is 4.40. The van der Waals surface area contributed by atoms with Crippen LogP contribution in [0.5, 0.6) is 5.75 Å². The summed E-state index contributed by atoms with van der Waals surface area (Å²) in [5.41, 5.74) is 2.31. The molecule has 0 N–H and O–H groups in total. The highest BCUT2D eigenvalue weighted by atomic mass is 16.5. The van der Waals surface area contributed by atoms with Gasteiger partial charge in [0.25, 0.3) is 5.91 Å². The Morgan fingerprint density at radius 3 is 2.38 bits per heavy atom. The van der Waals surface area contributed by atoms with E-state index >= 15 is 0 Å². The third-order valence-electron chi connectivity index (χ3n) is 7.22. The minimum atomic E-state index is -0.135. The van der Waals surface area contributed by atoms with Crippen LogP contribution in [0.4, 0.5) is 0 Å². The van der Waals surface area contributed by atoms with Crippen LogP contribution in [-0.2, 0) is 11.2 Å². The number of carbonyl (C=O) groups is 3. The fourth-order valence-electron chi connectivity index (χ4n) is 5.41. The molecule has 0 atom stereocenters. The fourth-order valence-corrected chi connectivity index (χ4v) is 5.41. The molecule has 0 bridgehead atoms. The summed E-state index contributed by atoms with van der Waals surface area (Å²) in [6.07, 6.45) is 4.90. The second kappa shape index (κ2) is 9.21. The maximum Gasteiger partial charge on any atom is 0.273 e. The fraction of sp³-hybridized carbons (Fsp3) is 0.520. The number of ketones is 1. The number of fused-ring (bicyclic) bond motifs is 1. The summed E-state index contributed by atoms with van der Waals surface area (Å²) in [5, 5.41) is 8.63. The van der Waals surface area contributed by atoms with E-state index in [1.807, 2.05) is 34.2 Å². The highest BCUT2D eigenvalue weighted by Gasteiger charge is 2.38. The lowest BCUT2D eigenvalue weighted by atomic mass is 9.97. The second-order valence-corrected chi connectivity index (χ2v) is 9.25. The number of rotatable bonds is 5. The molecule has 2 saturated heterocycles. The Hall–Kier alpha value is -3.20. The molecule has 1 aromatic carbocycles. The number of hydrogen-bond acceptors (Lipinski definition) is 6. The van der Waals surface area contributed by atoms with Crippen molar-refractivity contribution in [1.29, 1.82) is 0 Å². The van der Waals surface area contributed by atoms with Crippen LogP contribution < -0.4 is 4.74 Å². The first-order valence-corrected chi connectivity index (χ1v) is 12.1. The topological polar surface area (TPSA) is 88.0 Å². The molecule has 180 valence electrons. The van der Waals surface area contributed by atoms with Gasteiger partial charge in [-0.3, -0.25) is 19.4 Å². The minimum absolute atomic E-state index is 0.0791. The van der Waals surface area contributed by atoms with Crippen LogP contribution in [0.25, 0.3) is 5.69 Å². The molecule has 1 aromatic heterocycles. The summed E-state index contributed by atoms with van der Waals surface area (Å²) in [6, 6.07) is 7.43. The van der Waals surface area contributed by atoms with Crippen molar-refractivity contribution < 1.29 is 19.1 Å². The molecular weight excluding hydrogens is 434 g/mol. The van der Waals surface area contributed by atoms with E-state index in [4.69, 9.17) is 4.74 Å². The van der Waals surface area contributed by atoms with Crippen LogP contribution in [0, 0.1) is 0 Å². The molecule has 2 amide bonds. The van der Waals surface area contributed by atoms with Gasteiger partial charge in [-0.05, 0) is 56.4 Å². The quantitative estimate of drug-likeness (QED) is 0.631. The van der Waals surface area contributed by atoms with Gasteiger partial charge in [-0.1, -0.05) is 0 Å². The first-order valence-electron chi connectivity index (χ1n) is 12.1. The van der Waals surface area contributed by atoms with Crippen molar-refractivity contribution in [3.8, 4) is 11.4 Å².